The third kappa shape index (κ3) is 10.0. The quantitative estimate of drug-likeness (QED) is 0.0921. The van der Waals surface area contributed by atoms with Crippen molar-refractivity contribution in [3.63, 3.8) is 0 Å². The Bertz CT molecular complexity index is 2360. The number of amides is 1. The van der Waals surface area contributed by atoms with E-state index in [2.05, 4.69) is 10.2 Å². The van der Waals surface area contributed by atoms with E-state index < -0.39 is 88.5 Å². The molecule has 3 aliphatic carbocycles. The molecular weight excluding hydrogens is 887 g/mol. The minimum atomic E-state index is -2.07. The zero-order valence-electron chi connectivity index (χ0n) is 39.6. The fraction of sp³-hybridized carbons (Fsp3) is 0.491. The summed E-state index contributed by atoms with van der Waals surface area (Å²) in [5.74, 6) is -3.83. The number of rotatable bonds is 16. The van der Waals surface area contributed by atoms with Crippen molar-refractivity contribution >= 4 is 29.6 Å². The van der Waals surface area contributed by atoms with E-state index in [1.165, 1.54) is 6.42 Å². The molecule has 5 aliphatic rings. The van der Waals surface area contributed by atoms with Crippen molar-refractivity contribution in [2.45, 2.75) is 82.7 Å². The number of aliphatic hydroxyl groups excluding tert-OH is 2. The molecule has 1 amide bonds. The summed E-state index contributed by atoms with van der Waals surface area (Å²) in [5, 5.41) is 37.4. The van der Waals surface area contributed by atoms with Gasteiger partial charge in [0.2, 0.25) is 6.10 Å². The summed E-state index contributed by atoms with van der Waals surface area (Å²) in [6.07, 6.45) is -5.05. The first kappa shape index (κ1) is 50.1. The van der Waals surface area contributed by atoms with Gasteiger partial charge < -0.3 is 44.3 Å². The van der Waals surface area contributed by atoms with E-state index in [1.807, 2.05) is 4.90 Å². The number of hydrogen-bond acceptors (Lipinski definition) is 15. The van der Waals surface area contributed by atoms with Crippen LogP contribution in [0.15, 0.2) is 102 Å². The van der Waals surface area contributed by atoms with Gasteiger partial charge in [-0.1, -0.05) is 80.6 Å². The van der Waals surface area contributed by atoms with Gasteiger partial charge in [0.25, 0.3) is 5.91 Å². The molecule has 16 nitrogen and oxygen atoms in total. The Morgan fingerprint density at radius 1 is 0.855 bits per heavy atom. The normalized spacial score (nSPS) is 28.9. The number of hydrogen-bond donors (Lipinski definition) is 4. The lowest BCUT2D eigenvalue weighted by Crippen LogP contribution is -2.72. The van der Waals surface area contributed by atoms with Gasteiger partial charge in [0, 0.05) is 68.4 Å². The van der Waals surface area contributed by atoms with Gasteiger partial charge in [0.15, 0.2) is 0 Å². The molecule has 2 heterocycles. The molecule has 3 aromatic rings. The number of ketones is 1. The lowest BCUT2D eigenvalue weighted by atomic mass is 9.46. The molecule has 4 fully saturated rings. The number of piperazine rings is 1. The number of nitrogens with one attached hydrogen (secondary N) is 1. The van der Waals surface area contributed by atoms with Crippen molar-refractivity contribution in [2.24, 2.45) is 16.7 Å². The number of nitrogens with zero attached hydrogens (tertiary/aromatic N) is 2. The molecule has 16 heteroatoms. The number of esters is 3. The summed E-state index contributed by atoms with van der Waals surface area (Å²) in [6, 6.07) is 24.0. The maximum Gasteiger partial charge on any atom is 0.350 e. The number of fused-ring (bicyclic) bond motifs is 5. The summed E-state index contributed by atoms with van der Waals surface area (Å²) in [5.41, 5.74) is -3.25. The van der Waals surface area contributed by atoms with Crippen LogP contribution in [0.3, 0.4) is 0 Å². The molecule has 0 spiro atoms. The van der Waals surface area contributed by atoms with Crippen LogP contribution >= 0.6 is 0 Å². The van der Waals surface area contributed by atoms with Crippen LogP contribution in [-0.2, 0) is 38.1 Å². The van der Waals surface area contributed by atoms with Gasteiger partial charge in [-0.3, -0.25) is 24.2 Å². The van der Waals surface area contributed by atoms with E-state index in [0.717, 1.165) is 5.92 Å². The van der Waals surface area contributed by atoms with Crippen LogP contribution in [0.5, 0.6) is 0 Å². The summed E-state index contributed by atoms with van der Waals surface area (Å²) >= 11 is 0. The summed E-state index contributed by atoms with van der Waals surface area (Å²) in [7, 11) is 0. The Labute approximate surface area is 402 Å². The molecule has 8 rings (SSSR count). The molecule has 2 saturated carbocycles. The maximum atomic E-state index is 15.2. The van der Waals surface area contributed by atoms with Crippen molar-refractivity contribution < 1.29 is 63.0 Å². The monoisotopic (exact) mass is 949 g/mol. The molecule has 2 saturated heterocycles. The zero-order chi connectivity index (χ0) is 49.1. The van der Waals surface area contributed by atoms with Gasteiger partial charge in [-0.15, -0.1) is 0 Å². The molecule has 0 unspecified atom stereocenters. The van der Waals surface area contributed by atoms with Crippen molar-refractivity contribution in [3.05, 3.63) is 131 Å². The van der Waals surface area contributed by atoms with Gasteiger partial charge >= 0.3 is 17.9 Å². The lowest BCUT2D eigenvalue weighted by Gasteiger charge is -2.63. The highest BCUT2D eigenvalue weighted by atomic mass is 16.6. The highest BCUT2D eigenvalue weighted by Crippen LogP contribution is 2.62. The lowest BCUT2D eigenvalue weighted by molar-refractivity contribution is -0.231. The van der Waals surface area contributed by atoms with Crippen LogP contribution in [0.2, 0.25) is 0 Å². The van der Waals surface area contributed by atoms with Crippen molar-refractivity contribution in [1.29, 1.82) is 0 Å². The molecule has 368 valence electrons. The number of carbonyl (C=O) groups excluding carboxylic acids is 5. The molecular formula is C53H63N3O13. The van der Waals surface area contributed by atoms with Crippen LogP contribution in [0.25, 0.3) is 0 Å². The third-order valence-corrected chi connectivity index (χ3v) is 15.2. The molecule has 9 atom stereocenters. The highest BCUT2D eigenvalue weighted by Gasteiger charge is 2.71. The molecule has 2 radical (unpaired) electrons. The number of aliphatic hydroxyl groups is 3. The van der Waals surface area contributed by atoms with E-state index in [-0.39, 0.29) is 44.8 Å². The maximum absolute atomic E-state index is 15.2. The predicted molar refractivity (Wildman–Crippen MR) is 250 cm³/mol. The van der Waals surface area contributed by atoms with Crippen LogP contribution in [0.1, 0.15) is 72.9 Å². The Morgan fingerprint density at radius 2 is 1.48 bits per heavy atom. The molecule has 0 aromatic heterocycles. The van der Waals surface area contributed by atoms with Crippen LogP contribution in [0, 0.1) is 29.1 Å². The second-order valence-corrected chi connectivity index (χ2v) is 19.5. The van der Waals surface area contributed by atoms with Gasteiger partial charge in [0.05, 0.1) is 62.6 Å². The van der Waals surface area contributed by atoms with Crippen molar-refractivity contribution in [3.8, 4) is 0 Å². The number of benzene rings is 3. The number of ether oxygens (including phenoxy) is 5. The fourth-order valence-electron chi connectivity index (χ4n) is 10.8. The smallest absolute Gasteiger partial charge is 0.350 e. The Kier molecular flexibility index (Phi) is 15.2. The molecule has 3 aromatic carbocycles. The van der Waals surface area contributed by atoms with Crippen molar-refractivity contribution in [1.82, 2.24) is 15.1 Å². The van der Waals surface area contributed by atoms with Crippen LogP contribution < -0.4 is 5.32 Å². The molecule has 4 N–H and O–H groups in total. The Hall–Kier alpha value is -5.33. The predicted octanol–water partition coefficient (Wildman–Crippen LogP) is 3.46. The van der Waals surface area contributed by atoms with E-state index in [9.17, 15) is 29.4 Å². The molecule has 2 aliphatic heterocycles. The highest BCUT2D eigenvalue weighted by molar-refractivity contribution is 5.98. The van der Waals surface area contributed by atoms with Crippen LogP contribution in [0.4, 0.5) is 0 Å². The average Bonchev–Trinajstić information content (AvgIpc) is 3.34. The van der Waals surface area contributed by atoms with E-state index in [0.29, 0.717) is 61.6 Å². The van der Waals surface area contributed by atoms with Crippen molar-refractivity contribution in [2.75, 3.05) is 65.7 Å². The average molecular weight is 950 g/mol. The van der Waals surface area contributed by atoms with Crippen LogP contribution in [-0.4, -0.2) is 157 Å². The summed E-state index contributed by atoms with van der Waals surface area (Å²) < 4.78 is 30.3. The molecule has 69 heavy (non-hydrogen) atoms. The number of Topliss-reactive ketones (excluding diaryl/α,β-unsaturated/α-hetero) is 1. The van der Waals surface area contributed by atoms with E-state index in [1.54, 1.807) is 119 Å². The summed E-state index contributed by atoms with van der Waals surface area (Å²) in [4.78, 5) is 76.4. The van der Waals surface area contributed by atoms with E-state index in [4.69, 9.17) is 28.8 Å². The Morgan fingerprint density at radius 3 is 2.10 bits per heavy atom. The number of carbonyl (C=O) groups is 5. The fourth-order valence-corrected chi connectivity index (χ4v) is 10.8. The largest absolute Gasteiger partial charge is 0.455 e. The first-order chi connectivity index (χ1) is 33.1. The zero-order valence-corrected chi connectivity index (χ0v) is 39.6. The first-order valence-electron chi connectivity index (χ1n) is 23.7. The van der Waals surface area contributed by atoms with Gasteiger partial charge in [0.1, 0.15) is 29.6 Å². The second kappa shape index (κ2) is 20.9. The van der Waals surface area contributed by atoms with Gasteiger partial charge in [-0.2, -0.15) is 0 Å². The minimum Gasteiger partial charge on any atom is -0.455 e. The standard InChI is InChI=1S/C53H63N3O13/c1-33-38-28-41(58)52(4)42(59)29-39-37(32-66-39)44(52)47(69-49(62)36-18-12-7-13-19-36)53(64,51(38,2)3)30-40(33)67-50(63)46(68-43(60)31-56-22-20-55(21-23-56)24-26-65-27-25-57)45(34-14-8-5-9-15-34)54-48(61)35-16-10-6-11-17-35/h5-19,28,39-40,42,44-47,57,59,64H,20-27,29-32H2,1-4H3,(H,54,61)/t39-,40+,42+,44+,45+,46-,47+,52-,53-/m1/s1. The first-order valence-corrected chi connectivity index (χ1v) is 23.7. The van der Waals surface area contributed by atoms with Gasteiger partial charge in [-0.25, -0.2) is 9.59 Å². The molecule has 2 bridgehead atoms. The second-order valence-electron chi connectivity index (χ2n) is 19.5. The van der Waals surface area contributed by atoms with E-state index >= 15 is 4.79 Å². The van der Waals surface area contributed by atoms with Gasteiger partial charge in [-0.05, 0) is 54.8 Å². The third-order valence-electron chi connectivity index (χ3n) is 15.2. The summed E-state index contributed by atoms with van der Waals surface area (Å²) in [6.45, 7) is 10.4. The topological polar surface area (TPSA) is 211 Å². The SMILES string of the molecule is CC1=C2[CH]C(=O)[C@]3(C)[C@@H](O)C[C@H]4OC[C]4[C@H]3[C@H](OC(=O)c3ccccc3)[C@](O)(C[C@@H]1OC(=O)[C@H](OC(=O)CN1CCN(CCOCCO)CC1)[C@@H](NC(=O)c1ccccc1)c1ccccc1)C2(C)C. The Balaban J connectivity index is 1.14. The minimum absolute atomic E-state index is 0.0574.